The number of piperidine rings is 1. The number of aromatic amines is 1. The van der Waals surface area contributed by atoms with E-state index < -0.39 is 0 Å². The van der Waals surface area contributed by atoms with Crippen molar-refractivity contribution in [1.29, 1.82) is 0 Å². The molecule has 23 heavy (non-hydrogen) atoms. The molecule has 1 aliphatic heterocycles. The van der Waals surface area contributed by atoms with Crippen LogP contribution in [0.25, 0.3) is 11.0 Å². The van der Waals surface area contributed by atoms with E-state index in [1.807, 2.05) is 13.0 Å². The second-order valence-electron chi connectivity index (χ2n) is 6.69. The van der Waals surface area contributed by atoms with E-state index in [0.717, 1.165) is 49.8 Å². The van der Waals surface area contributed by atoms with Gasteiger partial charge in [-0.2, -0.15) is 0 Å². The fourth-order valence-corrected chi connectivity index (χ4v) is 3.20. The summed E-state index contributed by atoms with van der Waals surface area (Å²) in [6, 6.07) is 1.89. The molecule has 0 aromatic carbocycles. The predicted octanol–water partition coefficient (Wildman–Crippen LogP) is 2.02. The smallest absolute Gasteiger partial charge is 0.260 e. The van der Waals surface area contributed by atoms with E-state index >= 15 is 0 Å². The predicted molar refractivity (Wildman–Crippen MR) is 88.8 cm³/mol. The number of pyridine rings is 1. The monoisotopic (exact) mass is 314 g/mol. The lowest BCUT2D eigenvalue weighted by molar-refractivity contribution is 0.0304. The molecular formula is C17H22N4O2. The number of fused-ring (bicyclic) bond motifs is 1. The summed E-state index contributed by atoms with van der Waals surface area (Å²) in [6.07, 6.45) is 6.54. The van der Waals surface area contributed by atoms with Gasteiger partial charge in [0, 0.05) is 19.7 Å². The lowest BCUT2D eigenvalue weighted by Gasteiger charge is -2.33. The Hall–Kier alpha value is -1.95. The molecule has 0 unspecified atom stereocenters. The Balaban J connectivity index is 1.48. The summed E-state index contributed by atoms with van der Waals surface area (Å²) in [5, 5.41) is 0.552. The largest absolute Gasteiger partial charge is 0.378 e. The Morgan fingerprint density at radius 2 is 2.09 bits per heavy atom. The van der Waals surface area contributed by atoms with Crippen LogP contribution in [-0.2, 0) is 4.74 Å². The fraction of sp³-hybridized carbons (Fsp3) is 0.588. The van der Waals surface area contributed by atoms with E-state index in [1.54, 1.807) is 0 Å². The molecule has 0 radical (unpaired) electrons. The van der Waals surface area contributed by atoms with Crippen LogP contribution in [-0.4, -0.2) is 40.8 Å². The van der Waals surface area contributed by atoms with Crippen LogP contribution in [0.15, 0.2) is 17.2 Å². The van der Waals surface area contributed by atoms with Crippen LogP contribution in [0.4, 0.5) is 5.82 Å². The topological polar surface area (TPSA) is 71.1 Å². The Morgan fingerprint density at radius 3 is 2.83 bits per heavy atom. The van der Waals surface area contributed by atoms with Crippen LogP contribution in [0.5, 0.6) is 0 Å². The number of rotatable bonds is 4. The highest BCUT2D eigenvalue weighted by Gasteiger charge is 2.26. The third-order valence-corrected chi connectivity index (χ3v) is 4.80. The zero-order chi connectivity index (χ0) is 15.8. The SMILES string of the molecule is Cc1cc2c(=O)[nH]cnc2nc1N1CCC(OCC2CC2)CC1. The van der Waals surface area contributed by atoms with Crippen LogP contribution in [0, 0.1) is 12.8 Å². The lowest BCUT2D eigenvalue weighted by Crippen LogP contribution is -2.38. The van der Waals surface area contributed by atoms with Crippen LogP contribution in [0.3, 0.4) is 0 Å². The molecule has 1 saturated heterocycles. The van der Waals surface area contributed by atoms with E-state index in [-0.39, 0.29) is 5.56 Å². The maximum atomic E-state index is 11.8. The summed E-state index contributed by atoms with van der Waals surface area (Å²) < 4.78 is 6.00. The second-order valence-corrected chi connectivity index (χ2v) is 6.69. The van der Waals surface area contributed by atoms with Crippen molar-refractivity contribution in [1.82, 2.24) is 15.0 Å². The second kappa shape index (κ2) is 5.92. The van der Waals surface area contributed by atoms with Gasteiger partial charge in [0.25, 0.3) is 5.56 Å². The van der Waals surface area contributed by atoms with Crippen molar-refractivity contribution >= 4 is 16.9 Å². The van der Waals surface area contributed by atoms with Crippen LogP contribution in [0.1, 0.15) is 31.2 Å². The van der Waals surface area contributed by atoms with Crippen molar-refractivity contribution in [2.24, 2.45) is 5.92 Å². The van der Waals surface area contributed by atoms with Gasteiger partial charge in [-0.1, -0.05) is 0 Å². The maximum absolute atomic E-state index is 11.8. The van der Waals surface area contributed by atoms with Gasteiger partial charge in [-0.25, -0.2) is 9.97 Å². The van der Waals surface area contributed by atoms with Crippen molar-refractivity contribution in [3.63, 3.8) is 0 Å². The number of ether oxygens (including phenoxy) is 1. The number of H-pyrrole nitrogens is 1. The van der Waals surface area contributed by atoms with Crippen LogP contribution in [0.2, 0.25) is 0 Å². The van der Waals surface area contributed by atoms with E-state index in [0.29, 0.717) is 17.1 Å². The highest BCUT2D eigenvalue weighted by atomic mass is 16.5. The van der Waals surface area contributed by atoms with E-state index in [1.165, 1.54) is 19.2 Å². The van der Waals surface area contributed by atoms with Gasteiger partial charge in [0.2, 0.25) is 0 Å². The van der Waals surface area contributed by atoms with Crippen molar-refractivity contribution in [3.8, 4) is 0 Å². The Bertz CT molecular complexity index is 761. The number of aromatic nitrogens is 3. The van der Waals surface area contributed by atoms with Gasteiger partial charge < -0.3 is 14.6 Å². The molecule has 2 aromatic rings. The normalized spacial score (nSPS) is 19.4. The van der Waals surface area contributed by atoms with Crippen molar-refractivity contribution in [2.45, 2.75) is 38.7 Å². The first-order valence-corrected chi connectivity index (χ1v) is 8.42. The molecule has 3 heterocycles. The summed E-state index contributed by atoms with van der Waals surface area (Å²) in [4.78, 5) is 25.5. The summed E-state index contributed by atoms with van der Waals surface area (Å²) >= 11 is 0. The third kappa shape index (κ3) is 3.08. The van der Waals surface area contributed by atoms with Crippen molar-refractivity contribution < 1.29 is 4.74 Å². The number of hydrogen-bond donors (Lipinski definition) is 1. The lowest BCUT2D eigenvalue weighted by atomic mass is 10.1. The summed E-state index contributed by atoms with van der Waals surface area (Å²) in [5.41, 5.74) is 1.40. The molecule has 2 fully saturated rings. The molecule has 6 nitrogen and oxygen atoms in total. The number of hydrogen-bond acceptors (Lipinski definition) is 5. The minimum absolute atomic E-state index is 0.135. The van der Waals surface area contributed by atoms with Gasteiger partial charge in [0.15, 0.2) is 5.65 Å². The molecule has 1 aliphatic carbocycles. The minimum atomic E-state index is -0.135. The Morgan fingerprint density at radius 1 is 1.30 bits per heavy atom. The molecule has 1 saturated carbocycles. The molecular weight excluding hydrogens is 292 g/mol. The minimum Gasteiger partial charge on any atom is -0.378 e. The van der Waals surface area contributed by atoms with E-state index in [4.69, 9.17) is 4.74 Å². The highest BCUT2D eigenvalue weighted by Crippen LogP contribution is 2.30. The zero-order valence-corrected chi connectivity index (χ0v) is 13.4. The molecule has 6 heteroatoms. The number of aryl methyl sites for hydroxylation is 1. The number of nitrogens with zero attached hydrogens (tertiary/aromatic N) is 3. The van der Waals surface area contributed by atoms with Gasteiger partial charge >= 0.3 is 0 Å². The summed E-state index contributed by atoms with van der Waals surface area (Å²) in [7, 11) is 0. The molecule has 0 amide bonds. The summed E-state index contributed by atoms with van der Waals surface area (Å²) in [6.45, 7) is 4.82. The molecule has 0 atom stereocenters. The molecule has 4 rings (SSSR count). The standard InChI is InChI=1S/C17H22N4O2/c1-11-8-14-15(18-10-19-17(14)22)20-16(11)21-6-4-13(5-7-21)23-9-12-2-3-12/h8,10,12-13H,2-7,9H2,1H3,(H,18,19,20,22). The first-order chi connectivity index (χ1) is 11.2. The summed E-state index contributed by atoms with van der Waals surface area (Å²) in [5.74, 6) is 1.76. The average Bonchev–Trinajstić information content (AvgIpc) is 3.38. The highest BCUT2D eigenvalue weighted by molar-refractivity contribution is 5.77. The third-order valence-electron chi connectivity index (χ3n) is 4.80. The zero-order valence-electron chi connectivity index (χ0n) is 13.4. The fourth-order valence-electron chi connectivity index (χ4n) is 3.20. The Labute approximate surface area is 134 Å². The van der Waals surface area contributed by atoms with Crippen molar-refractivity contribution in [2.75, 3.05) is 24.6 Å². The van der Waals surface area contributed by atoms with Gasteiger partial charge in [-0.05, 0) is 50.2 Å². The van der Waals surface area contributed by atoms with Gasteiger partial charge in [0.1, 0.15) is 5.82 Å². The average molecular weight is 314 g/mol. The van der Waals surface area contributed by atoms with E-state index in [9.17, 15) is 4.79 Å². The van der Waals surface area contributed by atoms with E-state index in [2.05, 4.69) is 19.9 Å². The van der Waals surface area contributed by atoms with Gasteiger partial charge in [0.05, 0.1) is 17.8 Å². The van der Waals surface area contributed by atoms with Crippen LogP contribution >= 0.6 is 0 Å². The molecule has 2 aromatic heterocycles. The van der Waals surface area contributed by atoms with Crippen molar-refractivity contribution in [3.05, 3.63) is 28.3 Å². The first kappa shape index (κ1) is 14.6. The quantitative estimate of drug-likeness (QED) is 0.935. The number of nitrogens with one attached hydrogen (secondary N) is 1. The molecule has 122 valence electrons. The van der Waals surface area contributed by atoms with Gasteiger partial charge in [-0.15, -0.1) is 0 Å². The van der Waals surface area contributed by atoms with Gasteiger partial charge in [-0.3, -0.25) is 4.79 Å². The first-order valence-electron chi connectivity index (χ1n) is 8.42. The molecule has 1 N–H and O–H groups in total. The molecule has 0 bridgehead atoms. The maximum Gasteiger partial charge on any atom is 0.260 e. The van der Waals surface area contributed by atoms with Crippen LogP contribution < -0.4 is 10.5 Å². The molecule has 2 aliphatic rings. The molecule has 0 spiro atoms. The number of anilines is 1. The Kier molecular flexibility index (Phi) is 3.77.